The molecule has 0 aliphatic heterocycles. The second-order valence-corrected chi connectivity index (χ2v) is 6.98. The van der Waals surface area contributed by atoms with E-state index in [-0.39, 0.29) is 11.9 Å². The Balaban J connectivity index is 2.14. The van der Waals surface area contributed by atoms with Crippen LogP contribution < -0.4 is 5.32 Å². The maximum atomic E-state index is 14.3. The first-order chi connectivity index (χ1) is 10.0. The van der Waals surface area contributed by atoms with Crippen molar-refractivity contribution in [2.75, 3.05) is 6.54 Å². The van der Waals surface area contributed by atoms with Gasteiger partial charge < -0.3 is 5.32 Å². The molecule has 2 rings (SSSR count). The highest BCUT2D eigenvalue weighted by Crippen LogP contribution is 2.40. The highest BCUT2D eigenvalue weighted by Gasteiger charge is 2.30. The van der Waals surface area contributed by atoms with Gasteiger partial charge >= 0.3 is 0 Å². The van der Waals surface area contributed by atoms with Crippen LogP contribution in [0.25, 0.3) is 0 Å². The first-order valence-electron chi connectivity index (χ1n) is 8.52. The van der Waals surface area contributed by atoms with Crippen LogP contribution >= 0.6 is 0 Å². The molecule has 1 aromatic rings. The van der Waals surface area contributed by atoms with E-state index >= 15 is 0 Å². The summed E-state index contributed by atoms with van der Waals surface area (Å²) in [4.78, 5) is 0. The first-order valence-corrected chi connectivity index (χ1v) is 8.52. The van der Waals surface area contributed by atoms with Gasteiger partial charge in [-0.25, -0.2) is 4.39 Å². The van der Waals surface area contributed by atoms with Crippen molar-refractivity contribution in [2.24, 2.45) is 17.8 Å². The number of rotatable bonds is 5. The SMILES string of the molecule is CCNC(c1cc(C)ccc1F)C1CCC(C(C)C)CC1. The van der Waals surface area contributed by atoms with Gasteiger partial charge in [-0.3, -0.25) is 0 Å². The van der Waals surface area contributed by atoms with E-state index in [1.165, 1.54) is 25.7 Å². The average Bonchev–Trinajstić information content (AvgIpc) is 2.48. The molecule has 2 heteroatoms. The fraction of sp³-hybridized carbons (Fsp3) is 0.684. The summed E-state index contributed by atoms with van der Waals surface area (Å²) in [6, 6.07) is 5.67. The predicted molar refractivity (Wildman–Crippen MR) is 87.8 cm³/mol. The Labute approximate surface area is 129 Å². The molecule has 1 fully saturated rings. The highest BCUT2D eigenvalue weighted by atomic mass is 19.1. The molecular formula is C19H30FN. The van der Waals surface area contributed by atoms with Crippen LogP contribution in [-0.2, 0) is 0 Å². The van der Waals surface area contributed by atoms with Gasteiger partial charge in [-0.05, 0) is 63.0 Å². The zero-order chi connectivity index (χ0) is 15.4. The lowest BCUT2D eigenvalue weighted by Gasteiger charge is -2.36. The molecule has 0 amide bonds. The molecule has 0 spiro atoms. The van der Waals surface area contributed by atoms with E-state index in [1.807, 2.05) is 19.1 Å². The minimum atomic E-state index is -0.0578. The summed E-state index contributed by atoms with van der Waals surface area (Å²) in [7, 11) is 0. The van der Waals surface area contributed by atoms with Crippen molar-refractivity contribution in [3.05, 3.63) is 35.1 Å². The molecule has 1 aromatic carbocycles. The van der Waals surface area contributed by atoms with Crippen LogP contribution in [0.4, 0.5) is 4.39 Å². The van der Waals surface area contributed by atoms with Crippen LogP contribution in [0.5, 0.6) is 0 Å². The zero-order valence-electron chi connectivity index (χ0n) is 14.0. The fourth-order valence-corrected chi connectivity index (χ4v) is 3.80. The number of aryl methyl sites for hydroxylation is 1. The molecule has 1 aliphatic carbocycles. The van der Waals surface area contributed by atoms with E-state index in [2.05, 4.69) is 26.1 Å². The second kappa shape index (κ2) is 7.40. The molecule has 1 N–H and O–H groups in total. The Kier molecular flexibility index (Phi) is 5.80. The Morgan fingerprint density at radius 1 is 1.14 bits per heavy atom. The van der Waals surface area contributed by atoms with Gasteiger partial charge in [0.1, 0.15) is 5.82 Å². The third kappa shape index (κ3) is 4.06. The van der Waals surface area contributed by atoms with E-state index in [4.69, 9.17) is 0 Å². The normalized spacial score (nSPS) is 24.3. The quantitative estimate of drug-likeness (QED) is 0.781. The molecule has 1 aliphatic rings. The lowest BCUT2D eigenvalue weighted by atomic mass is 9.73. The van der Waals surface area contributed by atoms with Crippen molar-refractivity contribution in [1.29, 1.82) is 0 Å². The average molecular weight is 291 g/mol. The molecule has 0 radical (unpaired) electrons. The van der Waals surface area contributed by atoms with Crippen molar-refractivity contribution in [2.45, 2.75) is 59.4 Å². The maximum absolute atomic E-state index is 14.3. The monoisotopic (exact) mass is 291 g/mol. The molecule has 118 valence electrons. The van der Waals surface area contributed by atoms with Gasteiger partial charge in [-0.1, -0.05) is 38.5 Å². The molecule has 0 bridgehead atoms. The van der Waals surface area contributed by atoms with Crippen LogP contribution in [0.3, 0.4) is 0 Å². The topological polar surface area (TPSA) is 12.0 Å². The largest absolute Gasteiger partial charge is 0.310 e. The predicted octanol–water partition coefficient (Wildman–Crippen LogP) is 5.25. The van der Waals surface area contributed by atoms with E-state index in [1.54, 1.807) is 6.07 Å². The van der Waals surface area contributed by atoms with Gasteiger partial charge in [0.25, 0.3) is 0 Å². The van der Waals surface area contributed by atoms with Gasteiger partial charge in [0.2, 0.25) is 0 Å². The third-order valence-electron chi connectivity index (χ3n) is 5.14. The maximum Gasteiger partial charge on any atom is 0.128 e. The number of hydrogen-bond donors (Lipinski definition) is 1. The third-order valence-corrected chi connectivity index (χ3v) is 5.14. The van der Waals surface area contributed by atoms with Gasteiger partial charge in [0.15, 0.2) is 0 Å². The van der Waals surface area contributed by atoms with Gasteiger partial charge in [-0.2, -0.15) is 0 Å². The number of hydrogen-bond acceptors (Lipinski definition) is 1. The van der Waals surface area contributed by atoms with E-state index in [0.29, 0.717) is 5.92 Å². The molecule has 1 nitrogen and oxygen atoms in total. The molecule has 1 unspecified atom stereocenters. The Morgan fingerprint density at radius 3 is 2.33 bits per heavy atom. The van der Waals surface area contributed by atoms with Crippen molar-refractivity contribution in [1.82, 2.24) is 5.32 Å². The molecular weight excluding hydrogens is 261 g/mol. The van der Waals surface area contributed by atoms with Crippen LogP contribution in [0, 0.1) is 30.5 Å². The van der Waals surface area contributed by atoms with Crippen molar-refractivity contribution >= 4 is 0 Å². The number of nitrogens with one attached hydrogen (secondary N) is 1. The van der Waals surface area contributed by atoms with Gasteiger partial charge in [0, 0.05) is 11.6 Å². The van der Waals surface area contributed by atoms with E-state index < -0.39 is 0 Å². The van der Waals surface area contributed by atoms with Crippen LogP contribution in [0.1, 0.15) is 63.6 Å². The summed E-state index contributed by atoms with van der Waals surface area (Å²) in [5.41, 5.74) is 2.01. The summed E-state index contributed by atoms with van der Waals surface area (Å²) in [6.45, 7) is 9.70. The smallest absolute Gasteiger partial charge is 0.128 e. The highest BCUT2D eigenvalue weighted by molar-refractivity contribution is 5.27. The summed E-state index contributed by atoms with van der Waals surface area (Å²) in [5.74, 6) is 2.14. The number of benzene rings is 1. The van der Waals surface area contributed by atoms with Crippen molar-refractivity contribution < 1.29 is 4.39 Å². The first kappa shape index (κ1) is 16.5. The molecule has 0 aromatic heterocycles. The molecule has 21 heavy (non-hydrogen) atoms. The lowest BCUT2D eigenvalue weighted by molar-refractivity contribution is 0.188. The lowest BCUT2D eigenvalue weighted by Crippen LogP contribution is -2.32. The zero-order valence-corrected chi connectivity index (χ0v) is 14.0. The van der Waals surface area contributed by atoms with Crippen molar-refractivity contribution in [3.8, 4) is 0 Å². The molecule has 1 atom stereocenters. The molecule has 1 saturated carbocycles. The van der Waals surface area contributed by atoms with Crippen LogP contribution in [-0.4, -0.2) is 6.54 Å². The second-order valence-electron chi connectivity index (χ2n) is 6.98. The minimum Gasteiger partial charge on any atom is -0.310 e. The van der Waals surface area contributed by atoms with Crippen molar-refractivity contribution in [3.63, 3.8) is 0 Å². The van der Waals surface area contributed by atoms with Crippen LogP contribution in [0.15, 0.2) is 18.2 Å². The Bertz CT molecular complexity index is 447. The standard InChI is InChI=1S/C19H30FN/c1-5-21-19(17-12-14(4)6-11-18(17)20)16-9-7-15(8-10-16)13(2)3/h6,11-13,15-16,19,21H,5,7-10H2,1-4H3. The summed E-state index contributed by atoms with van der Waals surface area (Å²) in [5, 5.41) is 3.54. The van der Waals surface area contributed by atoms with Gasteiger partial charge in [0.05, 0.1) is 0 Å². The summed E-state index contributed by atoms with van der Waals surface area (Å²) >= 11 is 0. The fourth-order valence-electron chi connectivity index (χ4n) is 3.80. The number of halogens is 1. The van der Waals surface area contributed by atoms with E-state index in [9.17, 15) is 4.39 Å². The summed E-state index contributed by atoms with van der Waals surface area (Å²) < 4.78 is 14.3. The summed E-state index contributed by atoms with van der Waals surface area (Å²) in [6.07, 6.45) is 5.01. The minimum absolute atomic E-state index is 0.0578. The molecule has 0 heterocycles. The molecule has 0 saturated heterocycles. The van der Waals surface area contributed by atoms with Gasteiger partial charge in [-0.15, -0.1) is 0 Å². The van der Waals surface area contributed by atoms with E-state index in [0.717, 1.165) is 29.5 Å². The Morgan fingerprint density at radius 2 is 1.76 bits per heavy atom. The van der Waals surface area contributed by atoms with Crippen LogP contribution in [0.2, 0.25) is 0 Å². The Hall–Kier alpha value is -0.890.